The average Bonchev–Trinajstić information content (AvgIpc) is 3.53. The maximum atomic E-state index is 14.0. The van der Waals surface area contributed by atoms with Crippen LogP contribution in [-0.4, -0.2) is 40.9 Å². The Kier molecular flexibility index (Phi) is 3.76. The van der Waals surface area contributed by atoms with Crippen LogP contribution in [0.3, 0.4) is 0 Å². The average molecular weight is 417 g/mol. The topological polar surface area (TPSA) is 75.8 Å². The van der Waals surface area contributed by atoms with Gasteiger partial charge in [-0.3, -0.25) is 14.4 Å². The summed E-state index contributed by atoms with van der Waals surface area (Å²) in [6.07, 6.45) is 2.97. The molecule has 7 nitrogen and oxygen atoms in total. The van der Waals surface area contributed by atoms with Gasteiger partial charge in [0.25, 0.3) is 5.56 Å². The van der Waals surface area contributed by atoms with Crippen LogP contribution in [0.5, 0.6) is 0 Å². The van der Waals surface area contributed by atoms with Crippen molar-refractivity contribution >= 4 is 28.5 Å². The molecule has 7 heteroatoms. The van der Waals surface area contributed by atoms with Crippen molar-refractivity contribution in [3.8, 4) is 0 Å². The molecule has 3 aliphatic rings. The summed E-state index contributed by atoms with van der Waals surface area (Å²) in [6, 6.07) is 11.5. The van der Waals surface area contributed by atoms with Crippen molar-refractivity contribution in [1.29, 1.82) is 0 Å². The van der Waals surface area contributed by atoms with E-state index in [2.05, 4.69) is 0 Å². The van der Waals surface area contributed by atoms with Crippen LogP contribution in [0, 0.1) is 5.92 Å². The van der Waals surface area contributed by atoms with Crippen LogP contribution < -0.4 is 10.5 Å². The van der Waals surface area contributed by atoms with Gasteiger partial charge in [0.05, 0.1) is 11.6 Å². The summed E-state index contributed by atoms with van der Waals surface area (Å²) in [7, 11) is 0. The van der Waals surface area contributed by atoms with E-state index in [4.69, 9.17) is 4.42 Å². The van der Waals surface area contributed by atoms with Gasteiger partial charge in [-0.25, -0.2) is 0 Å². The van der Waals surface area contributed by atoms with Crippen LogP contribution in [0.4, 0.5) is 5.69 Å². The molecule has 0 radical (unpaired) electrons. The molecule has 5 heterocycles. The van der Waals surface area contributed by atoms with Crippen molar-refractivity contribution in [1.82, 2.24) is 9.47 Å². The van der Waals surface area contributed by atoms with E-state index in [0.717, 1.165) is 29.9 Å². The van der Waals surface area contributed by atoms with Gasteiger partial charge >= 0.3 is 0 Å². The van der Waals surface area contributed by atoms with E-state index < -0.39 is 5.41 Å². The fourth-order valence-corrected chi connectivity index (χ4v) is 5.77. The van der Waals surface area contributed by atoms with Gasteiger partial charge in [0.2, 0.25) is 11.8 Å². The van der Waals surface area contributed by atoms with Gasteiger partial charge in [-0.15, -0.1) is 0 Å². The molecule has 2 amide bonds. The second-order valence-electron chi connectivity index (χ2n) is 8.89. The van der Waals surface area contributed by atoms with Crippen LogP contribution in [0.25, 0.3) is 11.0 Å². The second-order valence-corrected chi connectivity index (χ2v) is 8.89. The maximum Gasteiger partial charge on any atom is 0.261 e. The lowest BCUT2D eigenvalue weighted by Gasteiger charge is -2.26. The van der Waals surface area contributed by atoms with E-state index in [0.29, 0.717) is 37.0 Å². The van der Waals surface area contributed by atoms with Gasteiger partial charge in [0.1, 0.15) is 11.0 Å². The van der Waals surface area contributed by atoms with Crippen molar-refractivity contribution in [2.24, 2.45) is 5.92 Å². The van der Waals surface area contributed by atoms with Gasteiger partial charge in [0.15, 0.2) is 0 Å². The molecule has 1 aromatic carbocycles. The Balaban J connectivity index is 1.46. The van der Waals surface area contributed by atoms with E-state index in [9.17, 15) is 14.4 Å². The van der Waals surface area contributed by atoms with Crippen molar-refractivity contribution in [2.45, 2.75) is 31.7 Å². The first-order valence-electron chi connectivity index (χ1n) is 10.8. The zero-order chi connectivity index (χ0) is 21.3. The smallest absolute Gasteiger partial charge is 0.261 e. The van der Waals surface area contributed by atoms with Crippen molar-refractivity contribution in [3.63, 3.8) is 0 Å². The van der Waals surface area contributed by atoms with Crippen molar-refractivity contribution in [3.05, 3.63) is 64.3 Å². The molecule has 0 N–H and O–H groups in total. The van der Waals surface area contributed by atoms with E-state index in [1.807, 2.05) is 40.1 Å². The molecule has 0 saturated carbocycles. The molecule has 3 aliphatic heterocycles. The lowest BCUT2D eigenvalue weighted by Crippen LogP contribution is -2.42. The van der Waals surface area contributed by atoms with Crippen LogP contribution in [0.1, 0.15) is 31.0 Å². The van der Waals surface area contributed by atoms with Gasteiger partial charge < -0.3 is 18.8 Å². The third-order valence-corrected chi connectivity index (χ3v) is 7.31. The fourth-order valence-electron chi connectivity index (χ4n) is 5.77. The van der Waals surface area contributed by atoms with Gasteiger partial charge in [0, 0.05) is 50.6 Å². The lowest BCUT2D eigenvalue weighted by atomic mass is 9.77. The standard InChI is InChI=1S/C24H23N3O4/c1-15(28)25-9-6-16(13-25)14-27-19-5-3-2-4-18(19)24(23(27)30)8-10-26-21(24)12-20-17(22(26)29)7-11-31-20/h2-5,7,11-12,16H,6,8-10,13-14H2,1H3. The minimum atomic E-state index is -0.865. The predicted octanol–water partition coefficient (Wildman–Crippen LogP) is 2.50. The minimum Gasteiger partial charge on any atom is -0.464 e. The summed E-state index contributed by atoms with van der Waals surface area (Å²) in [5, 5.41) is 0.548. The number of likely N-dealkylation sites (tertiary alicyclic amines) is 1. The van der Waals surface area contributed by atoms with Gasteiger partial charge in [-0.2, -0.15) is 0 Å². The molecule has 1 spiro atoms. The number of aromatic nitrogens is 1. The Bertz CT molecular complexity index is 1310. The molecule has 0 bridgehead atoms. The summed E-state index contributed by atoms with van der Waals surface area (Å²) in [6.45, 7) is 4.09. The number of para-hydroxylation sites is 1. The number of furan rings is 1. The zero-order valence-corrected chi connectivity index (χ0v) is 17.3. The summed E-state index contributed by atoms with van der Waals surface area (Å²) >= 11 is 0. The highest BCUT2D eigenvalue weighted by molar-refractivity contribution is 6.10. The predicted molar refractivity (Wildman–Crippen MR) is 115 cm³/mol. The van der Waals surface area contributed by atoms with Gasteiger partial charge in [-0.05, 0) is 36.5 Å². The first-order chi connectivity index (χ1) is 15.0. The number of fused-ring (bicyclic) bond motifs is 5. The Morgan fingerprint density at radius 3 is 2.84 bits per heavy atom. The summed E-state index contributed by atoms with van der Waals surface area (Å²) in [5.74, 6) is 0.345. The molecule has 6 rings (SSSR count). The largest absolute Gasteiger partial charge is 0.464 e. The molecule has 2 unspecified atom stereocenters. The minimum absolute atomic E-state index is 0.0199. The van der Waals surface area contributed by atoms with Gasteiger partial charge in [-0.1, -0.05) is 18.2 Å². The molecule has 31 heavy (non-hydrogen) atoms. The Labute approximate surface area is 178 Å². The number of amides is 2. The molecule has 3 aromatic rings. The lowest BCUT2D eigenvalue weighted by molar-refractivity contribution is -0.127. The number of anilines is 1. The zero-order valence-electron chi connectivity index (χ0n) is 17.3. The van der Waals surface area contributed by atoms with Crippen LogP contribution >= 0.6 is 0 Å². The number of carbonyl (C=O) groups excluding carboxylic acids is 2. The van der Waals surface area contributed by atoms with Crippen LogP contribution in [-0.2, 0) is 21.5 Å². The highest BCUT2D eigenvalue weighted by Crippen LogP contribution is 2.51. The number of pyridine rings is 1. The summed E-state index contributed by atoms with van der Waals surface area (Å²) in [5.41, 5.74) is 2.14. The highest BCUT2D eigenvalue weighted by atomic mass is 16.3. The third kappa shape index (κ3) is 2.37. The van der Waals surface area contributed by atoms with E-state index in [1.165, 1.54) is 6.26 Å². The third-order valence-electron chi connectivity index (χ3n) is 7.31. The number of benzene rings is 1. The monoisotopic (exact) mass is 417 g/mol. The molecule has 1 fully saturated rings. The molecular formula is C24H23N3O4. The van der Waals surface area contributed by atoms with E-state index in [1.54, 1.807) is 17.6 Å². The van der Waals surface area contributed by atoms with Crippen molar-refractivity contribution < 1.29 is 14.0 Å². The first kappa shape index (κ1) is 18.4. The fraction of sp³-hybridized carbons (Fsp3) is 0.375. The molecule has 2 atom stereocenters. The number of rotatable bonds is 2. The van der Waals surface area contributed by atoms with E-state index in [-0.39, 0.29) is 23.3 Å². The Morgan fingerprint density at radius 2 is 2.03 bits per heavy atom. The SMILES string of the molecule is CC(=O)N1CCC(CN2C(=O)C3(CCn4c3cc3occc3c4=O)c3ccccc32)C1. The molecule has 1 saturated heterocycles. The number of hydrogen-bond acceptors (Lipinski definition) is 4. The second kappa shape index (κ2) is 6.33. The van der Waals surface area contributed by atoms with Crippen LogP contribution in [0.15, 0.2) is 51.9 Å². The first-order valence-corrected chi connectivity index (χ1v) is 10.8. The van der Waals surface area contributed by atoms with E-state index >= 15 is 0 Å². The maximum absolute atomic E-state index is 14.0. The Morgan fingerprint density at radius 1 is 1.19 bits per heavy atom. The molecule has 0 aliphatic carbocycles. The van der Waals surface area contributed by atoms with Crippen molar-refractivity contribution in [2.75, 3.05) is 24.5 Å². The number of nitrogens with zero attached hydrogens (tertiary/aromatic N) is 3. The quantitative estimate of drug-likeness (QED) is 0.642. The highest BCUT2D eigenvalue weighted by Gasteiger charge is 2.56. The molecule has 2 aromatic heterocycles. The normalized spacial score (nSPS) is 24.4. The summed E-state index contributed by atoms with van der Waals surface area (Å²) < 4.78 is 7.28. The summed E-state index contributed by atoms with van der Waals surface area (Å²) in [4.78, 5) is 42.6. The number of carbonyl (C=O) groups is 2. The van der Waals surface area contributed by atoms with Crippen LogP contribution in [0.2, 0.25) is 0 Å². The molecule has 158 valence electrons. The molecular weight excluding hydrogens is 394 g/mol. The Hall–Kier alpha value is -3.35. The number of hydrogen-bond donors (Lipinski definition) is 0.